The molecule has 1 aliphatic carbocycles. The van der Waals surface area contributed by atoms with Crippen LogP contribution in [0.4, 0.5) is 0 Å². The first-order chi connectivity index (χ1) is 15.8. The van der Waals surface area contributed by atoms with Gasteiger partial charge in [0, 0.05) is 23.7 Å². The van der Waals surface area contributed by atoms with Gasteiger partial charge in [-0.1, -0.05) is 30.3 Å². The van der Waals surface area contributed by atoms with Crippen molar-refractivity contribution < 1.29 is 19.1 Å². The van der Waals surface area contributed by atoms with Crippen LogP contribution in [0.5, 0.6) is 5.75 Å². The van der Waals surface area contributed by atoms with Crippen LogP contribution in [0, 0.1) is 19.8 Å². The van der Waals surface area contributed by atoms with Crippen LogP contribution in [0.1, 0.15) is 47.9 Å². The van der Waals surface area contributed by atoms with Gasteiger partial charge in [0.25, 0.3) is 0 Å². The predicted molar refractivity (Wildman–Crippen MR) is 131 cm³/mol. The third kappa shape index (κ3) is 4.49. The minimum Gasteiger partial charge on any atom is -0.488 e. The molecule has 1 N–H and O–H groups in total. The van der Waals surface area contributed by atoms with Crippen LogP contribution in [0.2, 0.25) is 0 Å². The Kier molecular flexibility index (Phi) is 6.75. The van der Waals surface area contributed by atoms with Gasteiger partial charge in [-0.2, -0.15) is 0 Å². The number of benzene rings is 2. The van der Waals surface area contributed by atoms with E-state index in [-0.39, 0.29) is 5.78 Å². The number of methoxy groups -OCH3 is 1. The lowest BCUT2D eigenvalue weighted by Crippen LogP contribution is -2.41. The fourth-order valence-corrected chi connectivity index (χ4v) is 5.25. The van der Waals surface area contributed by atoms with Crippen LogP contribution in [0.15, 0.2) is 63.9 Å². The molecule has 0 bridgehead atoms. The van der Waals surface area contributed by atoms with Gasteiger partial charge < -0.3 is 14.8 Å². The van der Waals surface area contributed by atoms with E-state index >= 15 is 0 Å². The molecule has 0 saturated heterocycles. The largest absolute Gasteiger partial charge is 0.488 e. The maximum Gasteiger partial charge on any atom is 0.336 e. The molecule has 0 amide bonds. The number of esters is 1. The van der Waals surface area contributed by atoms with Crippen LogP contribution in [0.3, 0.4) is 0 Å². The van der Waals surface area contributed by atoms with E-state index in [2.05, 4.69) is 46.4 Å². The van der Waals surface area contributed by atoms with Crippen molar-refractivity contribution in [2.75, 3.05) is 7.11 Å². The van der Waals surface area contributed by atoms with E-state index in [1.54, 1.807) is 0 Å². The molecule has 0 aromatic heterocycles. The molecule has 2 atom stereocenters. The normalized spacial score (nSPS) is 20.0. The van der Waals surface area contributed by atoms with E-state index < -0.39 is 17.8 Å². The molecule has 0 radical (unpaired) electrons. The summed E-state index contributed by atoms with van der Waals surface area (Å²) < 4.78 is 12.1. The lowest BCUT2D eigenvalue weighted by atomic mass is 9.69. The maximum absolute atomic E-state index is 13.1. The number of aryl methyl sites for hydroxylation is 2. The Morgan fingerprint density at radius 3 is 2.61 bits per heavy atom. The highest BCUT2D eigenvalue weighted by Crippen LogP contribution is 2.45. The molecule has 1 aliphatic heterocycles. The number of carbonyl (C=O) groups is 2. The summed E-state index contributed by atoms with van der Waals surface area (Å²) in [5.74, 6) is -0.326. The van der Waals surface area contributed by atoms with E-state index in [1.807, 2.05) is 38.1 Å². The third-order valence-electron chi connectivity index (χ3n) is 6.50. The van der Waals surface area contributed by atoms with Crippen molar-refractivity contribution in [1.82, 2.24) is 5.32 Å². The van der Waals surface area contributed by atoms with Gasteiger partial charge in [0.1, 0.15) is 18.1 Å². The molecule has 4 rings (SSSR count). The van der Waals surface area contributed by atoms with Gasteiger partial charge in [0.05, 0.1) is 23.1 Å². The minimum atomic E-state index is -0.421. The van der Waals surface area contributed by atoms with Crippen molar-refractivity contribution in [3.05, 3.63) is 86.2 Å². The number of allylic oxidation sites excluding steroid dienone is 3. The highest BCUT2D eigenvalue weighted by atomic mass is 79.9. The van der Waals surface area contributed by atoms with Gasteiger partial charge in [-0.05, 0) is 77.5 Å². The number of fused-ring (bicyclic) bond motifs is 1. The zero-order chi connectivity index (χ0) is 23.7. The van der Waals surface area contributed by atoms with Crippen molar-refractivity contribution in [2.24, 2.45) is 5.92 Å². The molecule has 2 aliphatic rings. The van der Waals surface area contributed by atoms with Crippen LogP contribution >= 0.6 is 15.9 Å². The van der Waals surface area contributed by atoms with Crippen LogP contribution in [0.25, 0.3) is 0 Å². The Labute approximate surface area is 203 Å². The lowest BCUT2D eigenvalue weighted by molar-refractivity contribution is -0.136. The molecular weight excluding hydrogens is 482 g/mol. The summed E-state index contributed by atoms with van der Waals surface area (Å²) in [5.41, 5.74) is 6.24. The molecule has 0 fully saturated rings. The average molecular weight is 510 g/mol. The Morgan fingerprint density at radius 1 is 1.12 bits per heavy atom. The number of halogens is 1. The molecule has 6 heteroatoms. The van der Waals surface area contributed by atoms with E-state index in [0.717, 1.165) is 43.9 Å². The number of Topliss-reactive ketones (excluding diaryl/α,β-unsaturated/α-hetero) is 1. The summed E-state index contributed by atoms with van der Waals surface area (Å²) in [4.78, 5) is 26.0. The van der Waals surface area contributed by atoms with Crippen molar-refractivity contribution in [3.8, 4) is 5.75 Å². The first-order valence-corrected chi connectivity index (χ1v) is 11.9. The average Bonchev–Trinajstić information content (AvgIpc) is 2.78. The van der Waals surface area contributed by atoms with E-state index in [1.165, 1.54) is 7.11 Å². The molecule has 172 valence electrons. The van der Waals surface area contributed by atoms with Gasteiger partial charge in [-0.25, -0.2) is 4.79 Å². The molecule has 2 unspecified atom stereocenters. The van der Waals surface area contributed by atoms with Crippen LogP contribution in [-0.4, -0.2) is 18.9 Å². The van der Waals surface area contributed by atoms with Crippen LogP contribution < -0.4 is 10.1 Å². The molecule has 33 heavy (non-hydrogen) atoms. The lowest BCUT2D eigenvalue weighted by Gasteiger charge is -2.38. The number of ketones is 1. The number of nitrogens with one attached hydrogen (secondary N) is 1. The summed E-state index contributed by atoms with van der Waals surface area (Å²) in [6, 6.07) is 11.9. The fraction of sp³-hybridized carbons (Fsp3) is 0.333. The monoisotopic (exact) mass is 509 g/mol. The minimum absolute atomic E-state index is 0.143. The zero-order valence-corrected chi connectivity index (χ0v) is 20.9. The van der Waals surface area contributed by atoms with Gasteiger partial charge >= 0.3 is 5.97 Å². The standard InChI is InChI=1S/C27H28BrNO4/c1-15-12-16(2)19(13-18(15)14-33-23-11-6-5-8-20(23)28)25-24(27(31)32-4)17(3)29-21-9-7-10-22(30)26(21)25/h5-6,8-9,11-13,25-26,29H,7,10,14H2,1-4H3. The van der Waals surface area contributed by atoms with Crippen molar-refractivity contribution >= 4 is 27.7 Å². The summed E-state index contributed by atoms with van der Waals surface area (Å²) in [6.07, 6.45) is 3.27. The summed E-state index contributed by atoms with van der Waals surface area (Å²) >= 11 is 3.53. The molecule has 1 heterocycles. The third-order valence-corrected chi connectivity index (χ3v) is 7.16. The molecule has 0 saturated carbocycles. The smallest absolute Gasteiger partial charge is 0.336 e. The Morgan fingerprint density at radius 2 is 1.88 bits per heavy atom. The Hall–Kier alpha value is -2.86. The zero-order valence-electron chi connectivity index (χ0n) is 19.3. The molecule has 0 spiro atoms. The molecule has 2 aromatic carbocycles. The number of carbonyl (C=O) groups excluding carboxylic acids is 2. The quantitative estimate of drug-likeness (QED) is 0.528. The highest BCUT2D eigenvalue weighted by molar-refractivity contribution is 9.10. The van der Waals surface area contributed by atoms with Crippen molar-refractivity contribution in [1.29, 1.82) is 0 Å². The van der Waals surface area contributed by atoms with Crippen LogP contribution in [-0.2, 0) is 20.9 Å². The number of hydrogen-bond acceptors (Lipinski definition) is 5. The first-order valence-electron chi connectivity index (χ1n) is 11.1. The second-order valence-corrected chi connectivity index (χ2v) is 9.48. The second kappa shape index (κ2) is 9.56. The molecule has 2 aromatic rings. The number of para-hydroxylation sites is 1. The summed E-state index contributed by atoms with van der Waals surface area (Å²) in [7, 11) is 1.38. The second-order valence-electron chi connectivity index (χ2n) is 8.63. The fourth-order valence-electron chi connectivity index (χ4n) is 4.85. The summed E-state index contributed by atoms with van der Waals surface area (Å²) in [6.45, 7) is 6.33. The molecular formula is C27H28BrNO4. The number of rotatable bonds is 5. The van der Waals surface area contributed by atoms with E-state index in [4.69, 9.17) is 9.47 Å². The molecule has 5 nitrogen and oxygen atoms in total. The highest BCUT2D eigenvalue weighted by Gasteiger charge is 2.43. The first kappa shape index (κ1) is 23.3. The van der Waals surface area contributed by atoms with Gasteiger partial charge in [-0.15, -0.1) is 0 Å². The number of ether oxygens (including phenoxy) is 2. The SMILES string of the molecule is COC(=O)C1=C(C)NC2=CCCC(=O)C2C1c1cc(COc2ccccc2Br)c(C)cc1C. The summed E-state index contributed by atoms with van der Waals surface area (Å²) in [5, 5.41) is 3.30. The van der Waals surface area contributed by atoms with Crippen molar-refractivity contribution in [2.45, 2.75) is 46.1 Å². The van der Waals surface area contributed by atoms with Gasteiger partial charge in [0.2, 0.25) is 0 Å². The van der Waals surface area contributed by atoms with Gasteiger partial charge in [-0.3, -0.25) is 4.79 Å². The Bertz CT molecular complexity index is 1180. The number of hydrogen-bond donors (Lipinski definition) is 1. The van der Waals surface area contributed by atoms with E-state index in [9.17, 15) is 9.59 Å². The topological polar surface area (TPSA) is 64.6 Å². The van der Waals surface area contributed by atoms with Crippen molar-refractivity contribution in [3.63, 3.8) is 0 Å². The van der Waals surface area contributed by atoms with Gasteiger partial charge in [0.15, 0.2) is 0 Å². The Balaban J connectivity index is 1.80. The predicted octanol–water partition coefficient (Wildman–Crippen LogP) is 5.64. The maximum atomic E-state index is 13.1. The van der Waals surface area contributed by atoms with E-state index in [0.29, 0.717) is 25.0 Å².